The van der Waals surface area contributed by atoms with Gasteiger partial charge in [-0.05, 0) is 47.5 Å². The third-order valence-corrected chi connectivity index (χ3v) is 6.16. The van der Waals surface area contributed by atoms with E-state index in [2.05, 4.69) is 15.3 Å². The topological polar surface area (TPSA) is 85.5 Å². The van der Waals surface area contributed by atoms with Gasteiger partial charge in [-0.1, -0.05) is 29.8 Å². The molecule has 0 spiro atoms. The predicted molar refractivity (Wildman–Crippen MR) is 130 cm³/mol. The lowest BCUT2D eigenvalue weighted by Crippen LogP contribution is -2.41. The second kappa shape index (κ2) is 9.65. The Balaban J connectivity index is 1.34. The molecule has 0 bridgehead atoms. The number of nitrogens with zero attached hydrogens (tertiary/aromatic N) is 1. The number of hydrogen-bond acceptors (Lipinski definition) is 5. The minimum absolute atomic E-state index is 0.0975. The number of carbonyl (C=O) groups excluding carboxylic acids is 1. The van der Waals surface area contributed by atoms with Crippen LogP contribution in [0.1, 0.15) is 23.5 Å². The third-order valence-electron chi connectivity index (χ3n) is 5.93. The molecule has 0 saturated heterocycles. The van der Waals surface area contributed by atoms with Gasteiger partial charge in [-0.15, -0.1) is 0 Å². The fourth-order valence-corrected chi connectivity index (χ4v) is 4.30. The molecule has 0 fully saturated rings. The number of carbonyl (C=O) groups is 1. The average molecular weight is 478 g/mol. The Morgan fingerprint density at radius 3 is 2.88 bits per heavy atom. The number of aromatic nitrogens is 2. The van der Waals surface area contributed by atoms with Crippen LogP contribution >= 0.6 is 11.6 Å². The second-order valence-corrected chi connectivity index (χ2v) is 8.52. The maximum Gasteiger partial charge on any atom is 0.221 e. The Hall–Kier alpha value is -3.71. The van der Waals surface area contributed by atoms with Gasteiger partial charge in [-0.25, -0.2) is 4.98 Å². The number of nitrogens with one attached hydrogen (secondary N) is 2. The highest BCUT2D eigenvalue weighted by Gasteiger charge is 2.25. The average Bonchev–Trinajstić information content (AvgIpc) is 3.29. The number of rotatable bonds is 7. The Bertz CT molecular complexity index is 1310. The quantitative estimate of drug-likeness (QED) is 0.377. The number of methoxy groups -OCH3 is 1. The molecule has 2 atom stereocenters. The number of fused-ring (bicyclic) bond motifs is 2. The van der Waals surface area contributed by atoms with Crippen molar-refractivity contribution in [2.45, 2.75) is 18.4 Å². The number of amides is 1. The summed E-state index contributed by atoms with van der Waals surface area (Å²) in [6, 6.07) is 17.0. The van der Waals surface area contributed by atoms with Crippen LogP contribution in [0.2, 0.25) is 5.15 Å². The summed E-state index contributed by atoms with van der Waals surface area (Å²) >= 11 is 6.01. The zero-order valence-electron chi connectivity index (χ0n) is 18.6. The Labute approximate surface area is 202 Å². The minimum atomic E-state index is -0.258. The summed E-state index contributed by atoms with van der Waals surface area (Å²) in [6.45, 7) is 0.727. The summed E-state index contributed by atoms with van der Waals surface area (Å²) < 4.78 is 17.1. The lowest BCUT2D eigenvalue weighted by atomic mass is 9.89. The lowest BCUT2D eigenvalue weighted by Gasteiger charge is -2.26. The van der Waals surface area contributed by atoms with E-state index in [1.165, 1.54) is 0 Å². The van der Waals surface area contributed by atoms with Gasteiger partial charge >= 0.3 is 0 Å². The number of benzene rings is 2. The van der Waals surface area contributed by atoms with Crippen LogP contribution in [-0.4, -0.2) is 42.2 Å². The van der Waals surface area contributed by atoms with Crippen LogP contribution in [0.4, 0.5) is 0 Å². The summed E-state index contributed by atoms with van der Waals surface area (Å²) in [4.78, 5) is 20.6. The fourth-order valence-electron chi connectivity index (χ4n) is 4.19. The van der Waals surface area contributed by atoms with Gasteiger partial charge in [0.25, 0.3) is 0 Å². The second-order valence-electron chi connectivity index (χ2n) is 8.13. The van der Waals surface area contributed by atoms with Crippen LogP contribution in [0.3, 0.4) is 0 Å². The van der Waals surface area contributed by atoms with Crippen molar-refractivity contribution >= 4 is 28.4 Å². The van der Waals surface area contributed by atoms with Crippen LogP contribution in [-0.2, 0) is 4.79 Å². The van der Waals surface area contributed by atoms with Crippen molar-refractivity contribution in [1.82, 2.24) is 15.3 Å². The highest BCUT2D eigenvalue weighted by molar-refractivity contribution is 6.29. The van der Waals surface area contributed by atoms with Gasteiger partial charge in [0.05, 0.1) is 13.7 Å². The van der Waals surface area contributed by atoms with Crippen LogP contribution in [0.5, 0.6) is 17.2 Å². The maximum atomic E-state index is 13.0. The first kappa shape index (κ1) is 22.1. The molecule has 5 rings (SSSR count). The zero-order chi connectivity index (χ0) is 23.5. The van der Waals surface area contributed by atoms with Crippen molar-refractivity contribution in [2.75, 3.05) is 20.3 Å². The maximum absolute atomic E-state index is 13.0. The molecule has 0 aliphatic carbocycles. The fraction of sp³-hybridized carbons (Fsp3) is 0.231. The number of para-hydroxylation sites is 2. The normalized spacial score (nSPS) is 15.6. The van der Waals surface area contributed by atoms with E-state index in [0.29, 0.717) is 24.1 Å². The number of halogens is 1. The standard InChI is InChI=1S/C26H24ClN3O4/c1-32-17-7-8-22-20(10-17)21(14-28-22)19(16-6-9-25(27)29-12-16)11-26(31)30-13-18-15-33-23-4-2-3-5-24(23)34-18/h2-10,12,14,18-19,28H,11,13,15H2,1H3,(H,30,31)/t18-,19+/m1/s1. The van der Waals surface area contributed by atoms with Gasteiger partial charge in [0.15, 0.2) is 11.5 Å². The molecular formula is C26H24ClN3O4. The number of aromatic amines is 1. The van der Waals surface area contributed by atoms with Crippen molar-refractivity contribution in [3.8, 4) is 17.2 Å². The largest absolute Gasteiger partial charge is 0.497 e. The van der Waals surface area contributed by atoms with E-state index in [9.17, 15) is 4.79 Å². The molecule has 0 radical (unpaired) electrons. The molecule has 2 N–H and O–H groups in total. The number of pyridine rings is 1. The Kier molecular flexibility index (Phi) is 6.27. The molecule has 1 aliphatic heterocycles. The minimum Gasteiger partial charge on any atom is -0.497 e. The summed E-state index contributed by atoms with van der Waals surface area (Å²) in [7, 11) is 1.64. The highest BCUT2D eigenvalue weighted by Crippen LogP contribution is 2.35. The first-order chi connectivity index (χ1) is 16.6. The summed E-state index contributed by atoms with van der Waals surface area (Å²) in [5.74, 6) is 1.83. The molecule has 174 valence electrons. The van der Waals surface area contributed by atoms with Crippen molar-refractivity contribution in [3.63, 3.8) is 0 Å². The van der Waals surface area contributed by atoms with Gasteiger partial charge in [-0.2, -0.15) is 0 Å². The lowest BCUT2D eigenvalue weighted by molar-refractivity contribution is -0.121. The summed E-state index contributed by atoms with van der Waals surface area (Å²) in [5.41, 5.74) is 2.85. The first-order valence-corrected chi connectivity index (χ1v) is 11.4. The zero-order valence-corrected chi connectivity index (χ0v) is 19.3. The first-order valence-electron chi connectivity index (χ1n) is 11.0. The smallest absolute Gasteiger partial charge is 0.221 e. The number of H-pyrrole nitrogens is 1. The molecule has 2 aromatic carbocycles. The molecule has 0 unspecified atom stereocenters. The number of ether oxygens (including phenoxy) is 3. The molecule has 0 saturated carbocycles. The highest BCUT2D eigenvalue weighted by atomic mass is 35.5. The van der Waals surface area contributed by atoms with Gasteiger partial charge in [0.2, 0.25) is 5.91 Å². The Morgan fingerprint density at radius 1 is 1.24 bits per heavy atom. The van der Waals surface area contributed by atoms with Crippen molar-refractivity contribution < 1.29 is 19.0 Å². The van der Waals surface area contributed by atoms with E-state index in [4.69, 9.17) is 25.8 Å². The Morgan fingerprint density at radius 2 is 2.09 bits per heavy atom. The van der Waals surface area contributed by atoms with Crippen molar-refractivity contribution in [1.29, 1.82) is 0 Å². The van der Waals surface area contributed by atoms with Crippen molar-refractivity contribution in [2.24, 2.45) is 0 Å². The molecule has 4 aromatic rings. The summed E-state index contributed by atoms with van der Waals surface area (Å²) in [6.07, 6.45) is 3.63. The van der Waals surface area contributed by atoms with E-state index >= 15 is 0 Å². The molecule has 7 nitrogen and oxygen atoms in total. The van der Waals surface area contributed by atoms with E-state index in [-0.39, 0.29) is 24.3 Å². The van der Waals surface area contributed by atoms with Crippen molar-refractivity contribution in [3.05, 3.63) is 83.3 Å². The van der Waals surface area contributed by atoms with Gasteiger partial charge in [-0.3, -0.25) is 4.79 Å². The molecule has 34 heavy (non-hydrogen) atoms. The van der Waals surface area contributed by atoms with E-state index in [1.807, 2.05) is 54.7 Å². The summed E-state index contributed by atoms with van der Waals surface area (Å²) in [5, 5.41) is 4.40. The molecule has 3 heterocycles. The van der Waals surface area contributed by atoms with E-state index in [1.54, 1.807) is 19.4 Å². The molecule has 1 amide bonds. The van der Waals surface area contributed by atoms with E-state index < -0.39 is 0 Å². The van der Waals surface area contributed by atoms with Crippen LogP contribution in [0.15, 0.2) is 67.0 Å². The molecule has 8 heteroatoms. The number of hydrogen-bond donors (Lipinski definition) is 2. The molecular weight excluding hydrogens is 454 g/mol. The van der Waals surface area contributed by atoms with Crippen LogP contribution < -0.4 is 19.5 Å². The van der Waals surface area contributed by atoms with Gasteiger partial charge < -0.3 is 24.5 Å². The monoisotopic (exact) mass is 477 g/mol. The van der Waals surface area contributed by atoms with Crippen LogP contribution in [0, 0.1) is 0 Å². The molecule has 2 aromatic heterocycles. The van der Waals surface area contributed by atoms with Gasteiger partial charge in [0.1, 0.15) is 23.6 Å². The predicted octanol–water partition coefficient (Wildman–Crippen LogP) is 4.70. The molecule has 1 aliphatic rings. The SMILES string of the molecule is COc1ccc2[nH]cc([C@@H](CC(=O)NC[C@@H]3COc4ccccc4O3)c3ccc(Cl)nc3)c2c1. The van der Waals surface area contributed by atoms with E-state index in [0.717, 1.165) is 33.5 Å². The van der Waals surface area contributed by atoms with Gasteiger partial charge in [0, 0.05) is 35.6 Å². The van der Waals surface area contributed by atoms with Crippen LogP contribution in [0.25, 0.3) is 10.9 Å². The third kappa shape index (κ3) is 4.65.